The first-order valence-corrected chi connectivity index (χ1v) is 33.4. The van der Waals surface area contributed by atoms with E-state index in [1.165, 1.54) is 250 Å². The number of nitrogens with one attached hydrogen (secondary N) is 1. The maximum Gasteiger partial charge on any atom is 0.220 e. The first kappa shape index (κ1) is 73.2. The molecule has 0 bridgehead atoms. The third-order valence-electron chi connectivity index (χ3n) is 15.9. The van der Waals surface area contributed by atoms with Crippen LogP contribution in [-0.2, 0) is 14.3 Å². The lowest BCUT2D eigenvalue weighted by molar-refractivity contribution is -0.302. The zero-order valence-corrected chi connectivity index (χ0v) is 50.5. The Hall–Kier alpha value is -1.85. The summed E-state index contributed by atoms with van der Waals surface area (Å²) in [6.45, 7) is 3.77. The zero-order chi connectivity index (χ0) is 55.8. The normalized spacial score (nSPS) is 19.0. The van der Waals surface area contributed by atoms with Crippen LogP contribution in [0.2, 0.25) is 0 Å². The molecule has 1 heterocycles. The van der Waals surface area contributed by atoms with Gasteiger partial charge in [0, 0.05) is 6.42 Å². The molecule has 7 unspecified atom stereocenters. The minimum atomic E-state index is -1.57. The fourth-order valence-electron chi connectivity index (χ4n) is 10.6. The second-order valence-corrected chi connectivity index (χ2v) is 23.2. The largest absolute Gasteiger partial charge is 0.394 e. The molecular weight excluding hydrogens is 959 g/mol. The Balaban J connectivity index is 2.05. The summed E-state index contributed by atoms with van der Waals surface area (Å²) in [5.74, 6) is -0.187. The van der Waals surface area contributed by atoms with Crippen molar-refractivity contribution in [2.75, 3.05) is 13.2 Å². The van der Waals surface area contributed by atoms with Gasteiger partial charge in [-0.1, -0.05) is 294 Å². The van der Waals surface area contributed by atoms with Gasteiger partial charge in [-0.05, 0) is 70.6 Å². The van der Waals surface area contributed by atoms with Gasteiger partial charge < -0.3 is 40.3 Å². The molecule has 0 aromatic heterocycles. The van der Waals surface area contributed by atoms with Crippen molar-refractivity contribution in [1.82, 2.24) is 5.32 Å². The lowest BCUT2D eigenvalue weighted by Gasteiger charge is -2.40. The van der Waals surface area contributed by atoms with E-state index in [1.54, 1.807) is 6.08 Å². The molecule has 0 radical (unpaired) electrons. The van der Waals surface area contributed by atoms with E-state index in [0.717, 1.165) is 51.4 Å². The number of hydrogen-bond acceptors (Lipinski definition) is 8. The molecular formula is C68H127NO8. The molecule has 452 valence electrons. The minimum absolute atomic E-state index is 0.187. The Morgan fingerprint density at radius 1 is 0.429 bits per heavy atom. The van der Waals surface area contributed by atoms with Gasteiger partial charge in [-0.3, -0.25) is 4.79 Å². The van der Waals surface area contributed by atoms with E-state index in [-0.39, 0.29) is 12.5 Å². The van der Waals surface area contributed by atoms with Crippen molar-refractivity contribution in [3.05, 3.63) is 48.6 Å². The Morgan fingerprint density at radius 2 is 0.740 bits per heavy atom. The highest BCUT2D eigenvalue weighted by molar-refractivity contribution is 5.76. The Kier molecular flexibility index (Phi) is 54.5. The fourth-order valence-corrected chi connectivity index (χ4v) is 10.6. The summed E-state index contributed by atoms with van der Waals surface area (Å²) < 4.78 is 11.3. The van der Waals surface area contributed by atoms with Crippen LogP contribution in [0.5, 0.6) is 0 Å². The number of allylic oxidation sites excluding steroid dienone is 7. The van der Waals surface area contributed by atoms with Gasteiger partial charge in [-0.15, -0.1) is 0 Å². The second-order valence-electron chi connectivity index (χ2n) is 23.2. The van der Waals surface area contributed by atoms with Gasteiger partial charge in [0.25, 0.3) is 0 Å². The van der Waals surface area contributed by atoms with Gasteiger partial charge in [0.05, 0.1) is 25.4 Å². The molecule has 0 saturated carbocycles. The highest BCUT2D eigenvalue weighted by Gasteiger charge is 2.44. The molecule has 0 aromatic rings. The van der Waals surface area contributed by atoms with Crippen molar-refractivity contribution < 1.29 is 39.8 Å². The fraction of sp³-hybridized carbons (Fsp3) is 0.868. The summed E-state index contributed by atoms with van der Waals surface area (Å²) in [6, 6.07) is -0.828. The van der Waals surface area contributed by atoms with Crippen LogP contribution in [0.4, 0.5) is 0 Å². The molecule has 9 nitrogen and oxygen atoms in total. The van der Waals surface area contributed by atoms with Crippen molar-refractivity contribution in [3.8, 4) is 0 Å². The second kappa shape index (κ2) is 57.4. The number of carbonyl (C=O) groups is 1. The van der Waals surface area contributed by atoms with Crippen molar-refractivity contribution in [2.24, 2.45) is 0 Å². The molecule has 1 aliphatic rings. The maximum atomic E-state index is 13.1. The average Bonchev–Trinajstić information content (AvgIpc) is 3.43. The van der Waals surface area contributed by atoms with Gasteiger partial charge in [0.15, 0.2) is 6.29 Å². The number of amides is 1. The summed E-state index contributed by atoms with van der Waals surface area (Å²) in [5.41, 5.74) is 0. The number of carbonyl (C=O) groups excluding carboxylic acids is 1. The van der Waals surface area contributed by atoms with E-state index in [9.17, 15) is 30.3 Å². The van der Waals surface area contributed by atoms with Crippen LogP contribution in [0.3, 0.4) is 0 Å². The maximum absolute atomic E-state index is 13.1. The monoisotopic (exact) mass is 1090 g/mol. The third-order valence-corrected chi connectivity index (χ3v) is 15.9. The molecule has 9 heteroatoms. The van der Waals surface area contributed by atoms with Crippen molar-refractivity contribution in [1.29, 1.82) is 0 Å². The molecule has 1 aliphatic heterocycles. The topological polar surface area (TPSA) is 149 Å². The Bertz CT molecular complexity index is 1350. The predicted molar refractivity (Wildman–Crippen MR) is 327 cm³/mol. The summed E-state index contributed by atoms with van der Waals surface area (Å²) in [5, 5.41) is 54.5. The lowest BCUT2D eigenvalue weighted by Crippen LogP contribution is -2.60. The number of aliphatic hydroxyl groups excluding tert-OH is 5. The molecule has 0 aromatic carbocycles. The van der Waals surface area contributed by atoms with Crippen LogP contribution < -0.4 is 5.32 Å². The summed E-state index contributed by atoms with van der Waals surface area (Å²) in [7, 11) is 0. The first-order valence-electron chi connectivity index (χ1n) is 33.4. The molecule has 1 rings (SSSR count). The molecule has 1 fully saturated rings. The Labute approximate surface area is 475 Å². The highest BCUT2D eigenvalue weighted by Crippen LogP contribution is 2.23. The van der Waals surface area contributed by atoms with E-state index >= 15 is 0 Å². The van der Waals surface area contributed by atoms with Crippen LogP contribution in [0.15, 0.2) is 48.6 Å². The predicted octanol–water partition coefficient (Wildman–Crippen LogP) is 17.6. The van der Waals surface area contributed by atoms with Crippen molar-refractivity contribution >= 4 is 5.91 Å². The zero-order valence-electron chi connectivity index (χ0n) is 50.5. The van der Waals surface area contributed by atoms with Gasteiger partial charge in [0.1, 0.15) is 24.4 Å². The number of rotatable bonds is 58. The molecule has 6 N–H and O–H groups in total. The minimum Gasteiger partial charge on any atom is -0.394 e. The summed E-state index contributed by atoms with van der Waals surface area (Å²) in [6.07, 6.45) is 70.9. The summed E-state index contributed by atoms with van der Waals surface area (Å²) in [4.78, 5) is 13.1. The van der Waals surface area contributed by atoms with Gasteiger partial charge >= 0.3 is 0 Å². The number of ether oxygens (including phenoxy) is 2. The quantitative estimate of drug-likeness (QED) is 0.0261. The third kappa shape index (κ3) is 46.5. The summed E-state index contributed by atoms with van der Waals surface area (Å²) >= 11 is 0. The van der Waals surface area contributed by atoms with Gasteiger partial charge in [0.2, 0.25) is 5.91 Å². The van der Waals surface area contributed by atoms with Crippen LogP contribution in [-0.4, -0.2) is 87.5 Å². The standard InChI is InChI=1S/C68H127NO8/c1-3-5-7-9-11-13-15-17-19-20-21-22-23-24-25-26-27-28-29-30-31-32-33-34-35-36-37-38-39-40-41-42-44-46-48-50-52-54-56-58-64(72)69-61(60-76-68-67(75)66(74)65(73)63(59-70)77-68)62(71)57-55-53-51-49-47-45-43-18-16-14-12-10-8-6-4-2/h16,18,30-31,47,49,55,57,61-63,65-68,70-71,73-75H,3-15,17,19-29,32-46,48,50-54,56,58-60H2,1-2H3,(H,69,72)/b18-16+,31-30-,49-47+,57-55+. The molecule has 1 saturated heterocycles. The molecule has 77 heavy (non-hydrogen) atoms. The van der Waals surface area contributed by atoms with Gasteiger partial charge in [-0.2, -0.15) is 0 Å². The van der Waals surface area contributed by atoms with Crippen LogP contribution in [0.1, 0.15) is 322 Å². The number of hydrogen-bond donors (Lipinski definition) is 6. The first-order chi connectivity index (χ1) is 37.8. The van der Waals surface area contributed by atoms with E-state index in [2.05, 4.69) is 55.6 Å². The lowest BCUT2D eigenvalue weighted by atomic mass is 9.99. The average molecular weight is 1090 g/mol. The van der Waals surface area contributed by atoms with Crippen LogP contribution in [0.25, 0.3) is 0 Å². The highest BCUT2D eigenvalue weighted by atomic mass is 16.7. The van der Waals surface area contributed by atoms with Crippen molar-refractivity contribution in [2.45, 2.75) is 365 Å². The van der Waals surface area contributed by atoms with Crippen molar-refractivity contribution in [3.63, 3.8) is 0 Å². The van der Waals surface area contributed by atoms with E-state index in [0.29, 0.717) is 6.42 Å². The van der Waals surface area contributed by atoms with E-state index < -0.39 is 49.5 Å². The Morgan fingerprint density at radius 3 is 1.09 bits per heavy atom. The van der Waals surface area contributed by atoms with E-state index in [4.69, 9.17) is 9.47 Å². The number of aliphatic hydroxyl groups is 5. The molecule has 7 atom stereocenters. The van der Waals surface area contributed by atoms with Gasteiger partial charge in [-0.25, -0.2) is 0 Å². The van der Waals surface area contributed by atoms with E-state index in [1.807, 2.05) is 6.08 Å². The molecule has 0 aliphatic carbocycles. The molecule has 0 spiro atoms. The SMILES string of the molecule is CCCCCCC/C=C/CC/C=C/CC/C=C/C(O)C(COC1OC(CO)C(O)C(O)C1O)NC(=O)CCCCCCCCCCCCCCCCCCC/C=C\CCCCCCCCCCCCCCCCCCCC. The van der Waals surface area contributed by atoms with Crippen LogP contribution >= 0.6 is 0 Å². The van der Waals surface area contributed by atoms with Crippen LogP contribution in [0, 0.1) is 0 Å². The molecule has 1 amide bonds. The number of unbranched alkanes of at least 4 members (excludes halogenated alkanes) is 42. The smallest absolute Gasteiger partial charge is 0.220 e.